The third kappa shape index (κ3) is 3.76. The minimum absolute atomic E-state index is 0.0437. The fraction of sp³-hybridized carbons (Fsp3) is 0.421. The monoisotopic (exact) mass is 386 g/mol. The average molecular weight is 386 g/mol. The highest BCUT2D eigenvalue weighted by Gasteiger charge is 2.21. The fourth-order valence-corrected chi connectivity index (χ4v) is 3.26. The van der Waals surface area contributed by atoms with Gasteiger partial charge in [0, 0.05) is 26.2 Å². The zero-order valence-corrected chi connectivity index (χ0v) is 15.9. The molecule has 0 radical (unpaired) electrons. The zero-order valence-electron chi connectivity index (χ0n) is 15.9. The van der Waals surface area contributed by atoms with Gasteiger partial charge in [0.2, 0.25) is 5.95 Å². The Morgan fingerprint density at radius 1 is 1.21 bits per heavy atom. The van der Waals surface area contributed by atoms with Gasteiger partial charge >= 0.3 is 0 Å². The zero-order chi connectivity index (χ0) is 19.5. The summed E-state index contributed by atoms with van der Waals surface area (Å²) >= 11 is 0. The van der Waals surface area contributed by atoms with E-state index < -0.39 is 0 Å². The van der Waals surface area contributed by atoms with Crippen LogP contribution in [-0.4, -0.2) is 65.8 Å². The van der Waals surface area contributed by atoms with Crippen LogP contribution in [0.2, 0.25) is 0 Å². The molecule has 1 aliphatic heterocycles. The summed E-state index contributed by atoms with van der Waals surface area (Å²) in [5, 5.41) is 8.62. The maximum absolute atomic E-state index is 13.3. The Balaban J connectivity index is 1.80. The first-order valence-electron chi connectivity index (χ1n) is 9.25. The van der Waals surface area contributed by atoms with Gasteiger partial charge in [0.25, 0.3) is 0 Å². The summed E-state index contributed by atoms with van der Waals surface area (Å²) in [6, 6.07) is 6.22. The van der Waals surface area contributed by atoms with Gasteiger partial charge in [0.05, 0.1) is 37.1 Å². The Hall–Kier alpha value is -2.78. The van der Waals surface area contributed by atoms with Crippen molar-refractivity contribution in [2.24, 2.45) is 0 Å². The largest absolute Gasteiger partial charge is 0.383 e. The number of hydrogen-bond donors (Lipinski definition) is 1. The van der Waals surface area contributed by atoms with E-state index in [1.165, 1.54) is 12.1 Å². The second kappa shape index (κ2) is 8.07. The van der Waals surface area contributed by atoms with Crippen molar-refractivity contribution in [3.05, 3.63) is 36.3 Å². The molecule has 8 nitrogen and oxygen atoms in total. The van der Waals surface area contributed by atoms with Gasteiger partial charge in [0.1, 0.15) is 11.6 Å². The van der Waals surface area contributed by atoms with Gasteiger partial charge in [-0.15, -0.1) is 0 Å². The first-order valence-corrected chi connectivity index (χ1v) is 9.25. The molecule has 0 saturated carbocycles. The van der Waals surface area contributed by atoms with Crippen LogP contribution in [0.1, 0.15) is 6.92 Å². The minimum Gasteiger partial charge on any atom is -0.383 e. The fourth-order valence-electron chi connectivity index (χ4n) is 3.26. The van der Waals surface area contributed by atoms with Crippen molar-refractivity contribution in [2.75, 3.05) is 50.2 Å². The number of rotatable bonds is 6. The van der Waals surface area contributed by atoms with Crippen LogP contribution in [0, 0.1) is 5.82 Å². The topological polar surface area (TPSA) is 77.3 Å². The van der Waals surface area contributed by atoms with E-state index in [2.05, 4.69) is 20.3 Å². The Labute approximate surface area is 162 Å². The molecule has 1 aliphatic rings. The van der Waals surface area contributed by atoms with Gasteiger partial charge in [-0.25, -0.2) is 9.07 Å². The van der Waals surface area contributed by atoms with E-state index in [4.69, 9.17) is 14.5 Å². The van der Waals surface area contributed by atoms with Crippen LogP contribution in [0.25, 0.3) is 16.7 Å². The molecule has 0 bridgehead atoms. The molecule has 9 heteroatoms. The van der Waals surface area contributed by atoms with Crippen molar-refractivity contribution in [2.45, 2.75) is 13.0 Å². The summed E-state index contributed by atoms with van der Waals surface area (Å²) in [4.78, 5) is 11.6. The number of hydrogen-bond acceptors (Lipinski definition) is 7. The molecule has 3 heterocycles. The van der Waals surface area contributed by atoms with Gasteiger partial charge in [-0.3, -0.25) is 0 Å². The van der Waals surface area contributed by atoms with E-state index in [9.17, 15) is 4.39 Å². The van der Waals surface area contributed by atoms with Crippen molar-refractivity contribution < 1.29 is 13.9 Å². The van der Waals surface area contributed by atoms with Gasteiger partial charge in [-0.05, 0) is 31.2 Å². The van der Waals surface area contributed by atoms with E-state index in [0.29, 0.717) is 31.4 Å². The molecule has 3 aromatic rings. The molecule has 1 saturated heterocycles. The molecule has 148 valence electrons. The summed E-state index contributed by atoms with van der Waals surface area (Å²) in [6.45, 7) is 5.34. The molecule has 0 spiro atoms. The number of morpholine rings is 1. The molecule has 0 amide bonds. The normalized spacial score (nSPS) is 15.8. The molecule has 28 heavy (non-hydrogen) atoms. The standard InChI is InChI=1S/C19H23FN6O2/c1-13(12-27-2)22-19-23-17(25-7-9-28-10-8-25)16-11-21-26(18(16)24-19)15-5-3-14(20)4-6-15/h3-6,11,13H,7-10,12H2,1-2H3,(H,22,23,24)/t13-/m0/s1. The van der Waals surface area contributed by atoms with Gasteiger partial charge in [-0.2, -0.15) is 15.1 Å². The Morgan fingerprint density at radius 3 is 2.68 bits per heavy atom. The molecule has 1 atom stereocenters. The minimum atomic E-state index is -0.292. The number of anilines is 2. The SMILES string of the molecule is COC[C@H](C)Nc1nc(N2CCOCC2)c2cnn(-c3ccc(F)cc3)c2n1. The quantitative estimate of drug-likeness (QED) is 0.696. The Morgan fingerprint density at radius 2 is 1.96 bits per heavy atom. The van der Waals surface area contributed by atoms with Crippen LogP contribution in [0.4, 0.5) is 16.2 Å². The number of halogens is 1. The lowest BCUT2D eigenvalue weighted by molar-refractivity contribution is 0.122. The number of ether oxygens (including phenoxy) is 2. The van der Waals surface area contributed by atoms with Crippen molar-refractivity contribution in [3.8, 4) is 5.69 Å². The van der Waals surface area contributed by atoms with Crippen LogP contribution in [0.15, 0.2) is 30.5 Å². The molecule has 1 N–H and O–H groups in total. The van der Waals surface area contributed by atoms with Crippen molar-refractivity contribution in [3.63, 3.8) is 0 Å². The third-order valence-corrected chi connectivity index (χ3v) is 4.58. The van der Waals surface area contributed by atoms with Gasteiger partial charge in [0.15, 0.2) is 5.65 Å². The number of aromatic nitrogens is 4. The molecule has 2 aromatic heterocycles. The maximum Gasteiger partial charge on any atom is 0.227 e. The number of fused-ring (bicyclic) bond motifs is 1. The lowest BCUT2D eigenvalue weighted by atomic mass is 10.3. The summed E-state index contributed by atoms with van der Waals surface area (Å²) in [5.41, 5.74) is 1.40. The first-order chi connectivity index (χ1) is 13.7. The van der Waals surface area contributed by atoms with E-state index in [0.717, 1.165) is 30.0 Å². The molecular weight excluding hydrogens is 363 g/mol. The van der Waals surface area contributed by atoms with E-state index in [1.807, 2.05) is 6.92 Å². The van der Waals surface area contributed by atoms with E-state index >= 15 is 0 Å². The maximum atomic E-state index is 13.3. The summed E-state index contributed by atoms with van der Waals surface area (Å²) < 4.78 is 25.7. The number of benzene rings is 1. The molecule has 1 aromatic carbocycles. The van der Waals surface area contributed by atoms with Crippen LogP contribution in [0.5, 0.6) is 0 Å². The lowest BCUT2D eigenvalue weighted by Gasteiger charge is -2.28. The molecule has 4 rings (SSSR count). The molecule has 1 fully saturated rings. The molecule has 0 aliphatic carbocycles. The van der Waals surface area contributed by atoms with Gasteiger partial charge in [-0.1, -0.05) is 0 Å². The smallest absolute Gasteiger partial charge is 0.227 e. The summed E-state index contributed by atoms with van der Waals surface area (Å²) in [6.07, 6.45) is 1.76. The number of nitrogens with zero attached hydrogens (tertiary/aromatic N) is 5. The Bertz CT molecular complexity index is 939. The second-order valence-corrected chi connectivity index (χ2v) is 6.74. The molecular formula is C19H23FN6O2. The average Bonchev–Trinajstić information content (AvgIpc) is 3.13. The van der Waals surface area contributed by atoms with Crippen molar-refractivity contribution >= 4 is 22.8 Å². The van der Waals surface area contributed by atoms with E-state index in [-0.39, 0.29) is 11.9 Å². The van der Waals surface area contributed by atoms with E-state index in [1.54, 1.807) is 30.1 Å². The third-order valence-electron chi connectivity index (χ3n) is 4.58. The van der Waals surface area contributed by atoms with Crippen LogP contribution in [-0.2, 0) is 9.47 Å². The van der Waals surface area contributed by atoms with Crippen LogP contribution >= 0.6 is 0 Å². The second-order valence-electron chi connectivity index (χ2n) is 6.74. The van der Waals surface area contributed by atoms with Crippen LogP contribution in [0.3, 0.4) is 0 Å². The first kappa shape index (κ1) is 18.6. The van der Waals surface area contributed by atoms with Gasteiger partial charge < -0.3 is 19.7 Å². The number of methoxy groups -OCH3 is 1. The highest BCUT2D eigenvalue weighted by atomic mass is 19.1. The predicted octanol–water partition coefficient (Wildman–Crippen LogP) is 2.24. The lowest BCUT2D eigenvalue weighted by Crippen LogP contribution is -2.37. The highest BCUT2D eigenvalue weighted by molar-refractivity contribution is 5.89. The van der Waals surface area contributed by atoms with Crippen LogP contribution < -0.4 is 10.2 Å². The summed E-state index contributed by atoms with van der Waals surface area (Å²) in [5.74, 6) is 1.02. The number of nitrogens with one attached hydrogen (secondary N) is 1. The van der Waals surface area contributed by atoms with Crippen molar-refractivity contribution in [1.82, 2.24) is 19.7 Å². The van der Waals surface area contributed by atoms with Crippen molar-refractivity contribution in [1.29, 1.82) is 0 Å². The highest BCUT2D eigenvalue weighted by Crippen LogP contribution is 2.28. The Kier molecular flexibility index (Phi) is 5.36. The predicted molar refractivity (Wildman–Crippen MR) is 105 cm³/mol. The molecule has 0 unspecified atom stereocenters. The summed E-state index contributed by atoms with van der Waals surface area (Å²) in [7, 11) is 1.66.